The predicted molar refractivity (Wildman–Crippen MR) is 82.6 cm³/mol. The smallest absolute Gasteiger partial charge is 0.120 e. The lowest BCUT2D eigenvalue weighted by Crippen LogP contribution is -2.41. The van der Waals surface area contributed by atoms with Crippen LogP contribution in [0.5, 0.6) is 5.75 Å². The predicted octanol–water partition coefficient (Wildman–Crippen LogP) is 2.86. The zero-order valence-electron chi connectivity index (χ0n) is 11.8. The standard InChI is InChI=1S/C15H23NO2S/c1-16(13-4-3-5-14(10-13)17-2)11-15(12-19)6-8-18-9-7-15/h3-5,10,19H,6-9,11-12H2,1-2H3. The molecule has 1 aromatic carbocycles. The molecule has 0 saturated carbocycles. The van der Waals surface area contributed by atoms with Gasteiger partial charge in [0, 0.05) is 44.0 Å². The van der Waals surface area contributed by atoms with Gasteiger partial charge in [-0.3, -0.25) is 0 Å². The van der Waals surface area contributed by atoms with E-state index in [4.69, 9.17) is 9.47 Å². The van der Waals surface area contributed by atoms with Crippen LogP contribution in [0.1, 0.15) is 12.8 Å². The topological polar surface area (TPSA) is 21.7 Å². The highest BCUT2D eigenvalue weighted by molar-refractivity contribution is 7.80. The summed E-state index contributed by atoms with van der Waals surface area (Å²) >= 11 is 4.57. The summed E-state index contributed by atoms with van der Waals surface area (Å²) in [6.45, 7) is 2.71. The van der Waals surface area contributed by atoms with Crippen LogP contribution in [0.25, 0.3) is 0 Å². The average molecular weight is 281 g/mol. The summed E-state index contributed by atoms with van der Waals surface area (Å²) in [6, 6.07) is 8.20. The Morgan fingerprint density at radius 3 is 2.74 bits per heavy atom. The summed E-state index contributed by atoms with van der Waals surface area (Å²) in [6.07, 6.45) is 2.18. The zero-order chi connectivity index (χ0) is 13.7. The highest BCUT2D eigenvalue weighted by atomic mass is 32.1. The van der Waals surface area contributed by atoms with E-state index in [0.717, 1.165) is 44.1 Å². The van der Waals surface area contributed by atoms with E-state index < -0.39 is 0 Å². The van der Waals surface area contributed by atoms with E-state index >= 15 is 0 Å². The van der Waals surface area contributed by atoms with E-state index in [0.29, 0.717) is 0 Å². The molecule has 1 aliphatic rings. The monoisotopic (exact) mass is 281 g/mol. The van der Waals surface area contributed by atoms with Gasteiger partial charge in [0.1, 0.15) is 5.75 Å². The third kappa shape index (κ3) is 3.57. The second-order valence-corrected chi connectivity index (χ2v) is 5.64. The fourth-order valence-electron chi connectivity index (χ4n) is 2.61. The Labute approximate surface area is 121 Å². The molecule has 1 fully saturated rings. The largest absolute Gasteiger partial charge is 0.497 e. The maximum atomic E-state index is 5.48. The average Bonchev–Trinajstić information content (AvgIpc) is 2.48. The first-order chi connectivity index (χ1) is 9.19. The van der Waals surface area contributed by atoms with Gasteiger partial charge in [-0.15, -0.1) is 0 Å². The minimum atomic E-state index is 0.263. The van der Waals surface area contributed by atoms with Crippen LogP contribution in [0.15, 0.2) is 24.3 Å². The lowest BCUT2D eigenvalue weighted by Gasteiger charge is -2.39. The van der Waals surface area contributed by atoms with Gasteiger partial charge in [-0.1, -0.05) is 6.07 Å². The Balaban J connectivity index is 2.07. The summed E-state index contributed by atoms with van der Waals surface area (Å²) in [7, 11) is 3.84. The molecule has 0 bridgehead atoms. The molecular formula is C15H23NO2S. The normalized spacial score (nSPS) is 18.1. The van der Waals surface area contributed by atoms with Gasteiger partial charge in [0.2, 0.25) is 0 Å². The number of nitrogens with zero attached hydrogens (tertiary/aromatic N) is 1. The molecule has 4 heteroatoms. The number of hydrogen-bond acceptors (Lipinski definition) is 4. The van der Waals surface area contributed by atoms with Crippen LogP contribution < -0.4 is 9.64 Å². The maximum Gasteiger partial charge on any atom is 0.120 e. The van der Waals surface area contributed by atoms with Crippen LogP contribution in [0.4, 0.5) is 5.69 Å². The van der Waals surface area contributed by atoms with Crippen LogP contribution in [0, 0.1) is 5.41 Å². The molecule has 0 unspecified atom stereocenters. The fraction of sp³-hybridized carbons (Fsp3) is 0.600. The minimum absolute atomic E-state index is 0.263. The molecule has 0 radical (unpaired) electrons. The molecule has 3 nitrogen and oxygen atoms in total. The van der Waals surface area contributed by atoms with Gasteiger partial charge in [0.25, 0.3) is 0 Å². The Kier molecular flexibility index (Phi) is 4.99. The first-order valence-electron chi connectivity index (χ1n) is 6.73. The number of anilines is 1. The van der Waals surface area contributed by atoms with E-state index in [2.05, 4.69) is 36.7 Å². The number of ether oxygens (including phenoxy) is 2. The van der Waals surface area contributed by atoms with Crippen molar-refractivity contribution in [1.82, 2.24) is 0 Å². The second-order valence-electron chi connectivity index (χ2n) is 5.33. The summed E-state index contributed by atoms with van der Waals surface area (Å²) in [4.78, 5) is 2.30. The lowest BCUT2D eigenvalue weighted by molar-refractivity contribution is 0.0301. The molecule has 0 aromatic heterocycles. The first kappa shape index (κ1) is 14.5. The molecule has 1 saturated heterocycles. The highest BCUT2D eigenvalue weighted by Gasteiger charge is 2.32. The third-order valence-electron chi connectivity index (χ3n) is 3.96. The van der Waals surface area contributed by atoms with Crippen LogP contribution in [0.2, 0.25) is 0 Å². The Hall–Kier alpha value is -0.870. The first-order valence-corrected chi connectivity index (χ1v) is 7.36. The van der Waals surface area contributed by atoms with Gasteiger partial charge in [-0.2, -0.15) is 12.6 Å². The van der Waals surface area contributed by atoms with Gasteiger partial charge in [0.15, 0.2) is 0 Å². The van der Waals surface area contributed by atoms with Crippen LogP contribution >= 0.6 is 12.6 Å². The summed E-state index contributed by atoms with van der Waals surface area (Å²) in [5, 5.41) is 0. The molecule has 0 spiro atoms. The fourth-order valence-corrected chi connectivity index (χ4v) is 3.03. The molecule has 0 aliphatic carbocycles. The molecule has 1 aliphatic heterocycles. The summed E-state index contributed by atoms with van der Waals surface area (Å²) in [5.41, 5.74) is 1.45. The van der Waals surface area contributed by atoms with Gasteiger partial charge in [-0.05, 0) is 30.7 Å². The quantitative estimate of drug-likeness (QED) is 0.839. The molecule has 1 aromatic rings. The molecule has 106 valence electrons. The maximum absolute atomic E-state index is 5.48. The van der Waals surface area contributed by atoms with Crippen molar-refractivity contribution in [3.8, 4) is 5.75 Å². The van der Waals surface area contributed by atoms with E-state index in [-0.39, 0.29) is 5.41 Å². The van der Waals surface area contributed by atoms with E-state index in [1.54, 1.807) is 7.11 Å². The number of thiol groups is 1. The van der Waals surface area contributed by atoms with Crippen LogP contribution in [-0.4, -0.2) is 39.7 Å². The lowest BCUT2D eigenvalue weighted by atomic mass is 9.81. The van der Waals surface area contributed by atoms with Gasteiger partial charge in [0.05, 0.1) is 7.11 Å². The third-order valence-corrected chi connectivity index (χ3v) is 4.63. The number of hydrogen-bond donors (Lipinski definition) is 1. The van der Waals surface area contributed by atoms with Crippen LogP contribution in [-0.2, 0) is 4.74 Å². The van der Waals surface area contributed by atoms with Crippen molar-refractivity contribution in [2.75, 3.05) is 44.6 Å². The Morgan fingerprint density at radius 2 is 2.11 bits per heavy atom. The van der Waals surface area contributed by atoms with Crippen molar-refractivity contribution >= 4 is 18.3 Å². The minimum Gasteiger partial charge on any atom is -0.497 e. The highest BCUT2D eigenvalue weighted by Crippen LogP contribution is 2.34. The van der Waals surface area contributed by atoms with Gasteiger partial charge in [-0.25, -0.2) is 0 Å². The molecule has 0 N–H and O–H groups in total. The zero-order valence-corrected chi connectivity index (χ0v) is 12.7. The molecule has 1 heterocycles. The SMILES string of the molecule is COc1cccc(N(C)CC2(CS)CCOCC2)c1. The Morgan fingerprint density at radius 1 is 1.37 bits per heavy atom. The molecular weight excluding hydrogens is 258 g/mol. The van der Waals surface area contributed by atoms with Gasteiger partial charge < -0.3 is 14.4 Å². The van der Waals surface area contributed by atoms with Gasteiger partial charge >= 0.3 is 0 Å². The number of benzene rings is 1. The van der Waals surface area contributed by atoms with E-state index in [9.17, 15) is 0 Å². The van der Waals surface area contributed by atoms with Crippen molar-refractivity contribution in [3.63, 3.8) is 0 Å². The second kappa shape index (κ2) is 6.53. The molecule has 0 amide bonds. The summed E-state index contributed by atoms with van der Waals surface area (Å²) in [5.74, 6) is 1.81. The Bertz CT molecular complexity index is 405. The molecule has 0 atom stereocenters. The van der Waals surface area contributed by atoms with Crippen molar-refractivity contribution in [2.45, 2.75) is 12.8 Å². The van der Waals surface area contributed by atoms with Crippen molar-refractivity contribution in [2.24, 2.45) is 5.41 Å². The van der Waals surface area contributed by atoms with E-state index in [1.165, 1.54) is 5.69 Å². The number of methoxy groups -OCH3 is 1. The van der Waals surface area contributed by atoms with Crippen molar-refractivity contribution < 1.29 is 9.47 Å². The summed E-state index contributed by atoms with van der Waals surface area (Å²) < 4.78 is 10.8. The molecule has 2 rings (SSSR count). The van der Waals surface area contributed by atoms with Crippen LogP contribution in [0.3, 0.4) is 0 Å². The molecule has 19 heavy (non-hydrogen) atoms. The number of rotatable bonds is 5. The van der Waals surface area contributed by atoms with E-state index in [1.807, 2.05) is 12.1 Å². The van der Waals surface area contributed by atoms with Crippen molar-refractivity contribution in [1.29, 1.82) is 0 Å². The van der Waals surface area contributed by atoms with Crippen molar-refractivity contribution in [3.05, 3.63) is 24.3 Å².